The third kappa shape index (κ3) is 3.76. The molecule has 1 aliphatic heterocycles. The van der Waals surface area contributed by atoms with Crippen molar-refractivity contribution in [3.05, 3.63) is 41.7 Å². The lowest BCUT2D eigenvalue weighted by Crippen LogP contribution is -2.33. The van der Waals surface area contributed by atoms with Crippen molar-refractivity contribution in [3.63, 3.8) is 0 Å². The highest BCUT2D eigenvalue weighted by Gasteiger charge is 2.46. The molecule has 3 heterocycles. The molecule has 29 heavy (non-hydrogen) atoms. The normalized spacial score (nSPS) is 18.4. The van der Waals surface area contributed by atoms with E-state index in [1.54, 1.807) is 43.4 Å². The number of carbonyl (C=O) groups is 2. The van der Waals surface area contributed by atoms with Crippen molar-refractivity contribution in [2.24, 2.45) is 5.41 Å². The number of nitriles is 1. The van der Waals surface area contributed by atoms with Crippen molar-refractivity contribution in [2.45, 2.75) is 26.7 Å². The van der Waals surface area contributed by atoms with Crippen LogP contribution in [0.15, 0.2) is 30.6 Å². The Bertz CT molecular complexity index is 997. The largest absolute Gasteiger partial charge is 0.345 e. The van der Waals surface area contributed by atoms with Gasteiger partial charge in [-0.2, -0.15) is 5.26 Å². The van der Waals surface area contributed by atoms with Crippen molar-refractivity contribution >= 4 is 29.1 Å². The fourth-order valence-corrected chi connectivity index (χ4v) is 3.40. The average Bonchev–Trinajstić information content (AvgIpc) is 3.04. The van der Waals surface area contributed by atoms with Crippen molar-refractivity contribution in [3.8, 4) is 6.07 Å². The van der Waals surface area contributed by atoms with Gasteiger partial charge in [-0.25, -0.2) is 9.97 Å². The lowest BCUT2D eigenvalue weighted by atomic mass is 9.85. The maximum atomic E-state index is 12.8. The van der Waals surface area contributed by atoms with Gasteiger partial charge in [0, 0.05) is 44.8 Å². The molecule has 2 amide bonds. The Morgan fingerprint density at radius 1 is 1.34 bits per heavy atom. The smallest absolute Gasteiger partial charge is 0.255 e. The van der Waals surface area contributed by atoms with E-state index in [9.17, 15) is 14.9 Å². The number of carbonyl (C=O) groups excluding carboxylic acids is 2. The first kappa shape index (κ1) is 20.3. The van der Waals surface area contributed by atoms with E-state index >= 15 is 0 Å². The number of nitrogens with one attached hydrogen (secondary N) is 1. The number of rotatable bonds is 5. The minimum Gasteiger partial charge on any atom is -0.345 e. The summed E-state index contributed by atoms with van der Waals surface area (Å²) in [5.41, 5.74) is 1.09. The average molecular weight is 392 g/mol. The second-order valence-corrected chi connectivity index (χ2v) is 7.36. The number of aryl methyl sites for hydroxylation is 1. The molecule has 0 radical (unpaired) electrons. The Morgan fingerprint density at radius 2 is 2.07 bits per heavy atom. The van der Waals surface area contributed by atoms with Crippen LogP contribution in [0.2, 0.25) is 0 Å². The Kier molecular flexibility index (Phi) is 5.50. The van der Waals surface area contributed by atoms with Gasteiger partial charge >= 0.3 is 0 Å². The van der Waals surface area contributed by atoms with Gasteiger partial charge in [-0.3, -0.25) is 9.59 Å². The predicted molar refractivity (Wildman–Crippen MR) is 110 cm³/mol. The first-order valence-electron chi connectivity index (χ1n) is 9.46. The minimum atomic E-state index is -0.940. The lowest BCUT2D eigenvalue weighted by molar-refractivity contribution is -0.123. The lowest BCUT2D eigenvalue weighted by Gasteiger charge is -2.20. The van der Waals surface area contributed by atoms with E-state index in [-0.39, 0.29) is 11.8 Å². The molecular formula is C21H24N6O2. The maximum Gasteiger partial charge on any atom is 0.255 e. The highest BCUT2D eigenvalue weighted by atomic mass is 16.2. The van der Waals surface area contributed by atoms with Crippen LogP contribution < -0.4 is 10.2 Å². The summed E-state index contributed by atoms with van der Waals surface area (Å²) in [5.74, 6) is 0.807. The number of anilines is 3. The fraction of sp³-hybridized carbons (Fsp3) is 0.381. The molecule has 1 aliphatic rings. The van der Waals surface area contributed by atoms with E-state index in [0.29, 0.717) is 42.3 Å². The molecule has 2 aromatic rings. The highest BCUT2D eigenvalue weighted by molar-refractivity contribution is 6.01. The molecular weight excluding hydrogens is 368 g/mol. The minimum absolute atomic E-state index is 0.105. The van der Waals surface area contributed by atoms with Gasteiger partial charge in [-0.15, -0.1) is 0 Å². The fourth-order valence-electron chi connectivity index (χ4n) is 3.40. The van der Waals surface area contributed by atoms with Crippen LogP contribution in [0.3, 0.4) is 0 Å². The van der Waals surface area contributed by atoms with Crippen molar-refractivity contribution in [2.75, 3.05) is 30.9 Å². The number of pyridine rings is 2. The van der Waals surface area contributed by atoms with Crippen LogP contribution in [-0.2, 0) is 4.79 Å². The molecule has 1 atom stereocenters. The SMILES string of the molecule is CCC1(C#N)CCN(c2ccnc(Nc3cc(C)c(C(=O)N(C)C)cn3)c2)C1=O. The monoisotopic (exact) mass is 392 g/mol. The molecule has 0 spiro atoms. The predicted octanol–water partition coefficient (Wildman–Crippen LogP) is 2.89. The molecule has 0 saturated carbocycles. The number of aromatic nitrogens is 2. The molecule has 8 heteroatoms. The quantitative estimate of drug-likeness (QED) is 0.839. The van der Waals surface area contributed by atoms with Crippen molar-refractivity contribution in [1.82, 2.24) is 14.9 Å². The van der Waals surface area contributed by atoms with Gasteiger partial charge in [0.2, 0.25) is 5.91 Å². The van der Waals surface area contributed by atoms with Crippen LogP contribution in [-0.4, -0.2) is 47.3 Å². The Balaban J connectivity index is 1.81. The van der Waals surface area contributed by atoms with Gasteiger partial charge in [-0.05, 0) is 37.5 Å². The summed E-state index contributed by atoms with van der Waals surface area (Å²) in [5, 5.41) is 12.6. The van der Waals surface area contributed by atoms with Crippen LogP contribution in [0, 0.1) is 23.7 Å². The van der Waals surface area contributed by atoms with E-state index in [4.69, 9.17) is 0 Å². The Hall–Kier alpha value is -3.47. The Labute approximate surface area is 170 Å². The second-order valence-electron chi connectivity index (χ2n) is 7.36. The van der Waals surface area contributed by atoms with Gasteiger partial charge in [-0.1, -0.05) is 6.92 Å². The molecule has 2 aromatic heterocycles. The summed E-state index contributed by atoms with van der Waals surface area (Å²) < 4.78 is 0. The number of amides is 2. The molecule has 0 aromatic carbocycles. The molecule has 150 valence electrons. The van der Waals surface area contributed by atoms with Crippen LogP contribution in [0.25, 0.3) is 0 Å². The summed E-state index contributed by atoms with van der Waals surface area (Å²) >= 11 is 0. The standard InChI is InChI=1S/C21H24N6O2/c1-5-21(13-22)7-9-27(20(21)29)15-6-8-23-18(11-15)25-17-10-14(2)16(12-24-17)19(28)26(3)4/h6,8,10-12H,5,7,9H2,1-4H3,(H,23,24,25). The summed E-state index contributed by atoms with van der Waals surface area (Å²) in [6, 6.07) is 7.49. The maximum absolute atomic E-state index is 12.8. The molecule has 1 saturated heterocycles. The van der Waals surface area contributed by atoms with Crippen molar-refractivity contribution < 1.29 is 9.59 Å². The third-order valence-electron chi connectivity index (χ3n) is 5.29. The van der Waals surface area contributed by atoms with E-state index in [1.807, 2.05) is 13.8 Å². The van der Waals surface area contributed by atoms with Gasteiger partial charge in [0.1, 0.15) is 17.1 Å². The molecule has 0 bridgehead atoms. The van der Waals surface area contributed by atoms with Gasteiger partial charge in [0.15, 0.2) is 0 Å². The van der Waals surface area contributed by atoms with Crippen LogP contribution in [0.5, 0.6) is 0 Å². The van der Waals surface area contributed by atoms with Gasteiger partial charge in [0.05, 0.1) is 11.6 Å². The molecule has 8 nitrogen and oxygen atoms in total. The van der Waals surface area contributed by atoms with Crippen LogP contribution >= 0.6 is 0 Å². The molecule has 1 unspecified atom stereocenters. The molecule has 0 aliphatic carbocycles. The summed E-state index contributed by atoms with van der Waals surface area (Å²) in [6.07, 6.45) is 4.17. The van der Waals surface area contributed by atoms with E-state index in [2.05, 4.69) is 21.4 Å². The van der Waals surface area contributed by atoms with Gasteiger partial charge in [0.25, 0.3) is 5.91 Å². The van der Waals surface area contributed by atoms with Crippen molar-refractivity contribution in [1.29, 1.82) is 5.26 Å². The topological polar surface area (TPSA) is 102 Å². The summed E-state index contributed by atoms with van der Waals surface area (Å²) in [6.45, 7) is 4.22. The number of nitrogens with zero attached hydrogens (tertiary/aromatic N) is 5. The molecule has 1 fully saturated rings. The molecule has 1 N–H and O–H groups in total. The zero-order chi connectivity index (χ0) is 21.2. The third-order valence-corrected chi connectivity index (χ3v) is 5.29. The highest BCUT2D eigenvalue weighted by Crippen LogP contribution is 2.37. The van der Waals surface area contributed by atoms with E-state index in [0.717, 1.165) is 5.56 Å². The number of hydrogen-bond acceptors (Lipinski definition) is 6. The van der Waals surface area contributed by atoms with Crippen LogP contribution in [0.1, 0.15) is 35.7 Å². The van der Waals surface area contributed by atoms with Crippen LogP contribution in [0.4, 0.5) is 17.3 Å². The first-order valence-corrected chi connectivity index (χ1v) is 9.46. The van der Waals surface area contributed by atoms with E-state index in [1.165, 1.54) is 11.1 Å². The zero-order valence-corrected chi connectivity index (χ0v) is 17.1. The second kappa shape index (κ2) is 7.87. The molecule has 3 rings (SSSR count). The summed E-state index contributed by atoms with van der Waals surface area (Å²) in [4.78, 5) is 36.7. The zero-order valence-electron chi connectivity index (χ0n) is 17.1. The summed E-state index contributed by atoms with van der Waals surface area (Å²) in [7, 11) is 3.39. The first-order chi connectivity index (χ1) is 13.8. The number of hydrogen-bond donors (Lipinski definition) is 1. The Morgan fingerprint density at radius 3 is 2.66 bits per heavy atom. The van der Waals surface area contributed by atoms with E-state index < -0.39 is 5.41 Å². The van der Waals surface area contributed by atoms with Gasteiger partial charge < -0.3 is 15.1 Å².